The van der Waals surface area contributed by atoms with Crippen LogP contribution in [0.4, 0.5) is 4.79 Å². The summed E-state index contributed by atoms with van der Waals surface area (Å²) in [5, 5.41) is 0. The zero-order chi connectivity index (χ0) is 17.2. The minimum Gasteiger partial charge on any atom is -0.428 e. The van der Waals surface area contributed by atoms with Crippen molar-refractivity contribution in [1.29, 1.82) is 0 Å². The third-order valence-corrected chi connectivity index (χ3v) is 2.48. The third kappa shape index (κ3) is 6.44. The molecular formula is C15H24O7. The molecule has 7 heteroatoms. The molecule has 1 aliphatic rings. The van der Waals surface area contributed by atoms with Gasteiger partial charge in [-0.3, -0.25) is 0 Å². The van der Waals surface area contributed by atoms with Crippen LogP contribution in [0.1, 0.15) is 54.9 Å². The van der Waals surface area contributed by atoms with E-state index >= 15 is 0 Å². The Morgan fingerprint density at radius 3 is 2.00 bits per heavy atom. The highest BCUT2D eigenvalue weighted by Gasteiger charge is 2.42. The van der Waals surface area contributed by atoms with Gasteiger partial charge in [0.1, 0.15) is 5.60 Å². The van der Waals surface area contributed by atoms with Crippen molar-refractivity contribution in [1.82, 2.24) is 0 Å². The first kappa shape index (κ1) is 18.4. The number of ether oxygens (including phenoxy) is 3. The Morgan fingerprint density at radius 1 is 1.05 bits per heavy atom. The molecule has 0 atom stereocenters. The number of carbonyl (C=O) groups excluding carboxylic acids is 2. The number of hydrogen-bond acceptors (Lipinski definition) is 7. The molecule has 22 heavy (non-hydrogen) atoms. The van der Waals surface area contributed by atoms with E-state index in [4.69, 9.17) is 24.0 Å². The molecule has 0 radical (unpaired) electrons. The molecule has 0 aromatic rings. The molecule has 0 amide bonds. The second-order valence-electron chi connectivity index (χ2n) is 6.56. The van der Waals surface area contributed by atoms with Crippen LogP contribution in [-0.4, -0.2) is 29.3 Å². The summed E-state index contributed by atoms with van der Waals surface area (Å²) in [5.41, 5.74) is -0.332. The Morgan fingerprint density at radius 2 is 1.59 bits per heavy atom. The van der Waals surface area contributed by atoms with Gasteiger partial charge in [-0.15, -0.1) is 0 Å². The lowest BCUT2D eigenvalue weighted by molar-refractivity contribution is -0.200. The van der Waals surface area contributed by atoms with Gasteiger partial charge in [0, 0.05) is 19.4 Å². The van der Waals surface area contributed by atoms with Gasteiger partial charge in [0.05, 0.1) is 0 Å². The van der Waals surface area contributed by atoms with Crippen LogP contribution in [0.2, 0.25) is 0 Å². The first-order valence-corrected chi connectivity index (χ1v) is 7.10. The first-order valence-electron chi connectivity index (χ1n) is 7.10. The Balaban J connectivity index is 2.64. The van der Waals surface area contributed by atoms with Crippen molar-refractivity contribution in [2.75, 3.05) is 0 Å². The fourth-order valence-corrected chi connectivity index (χ4v) is 1.52. The Kier molecular flexibility index (Phi) is 5.25. The highest BCUT2D eigenvalue weighted by molar-refractivity contribution is 5.88. The lowest BCUT2D eigenvalue weighted by Crippen LogP contribution is -2.37. The minimum absolute atomic E-state index is 0.362. The van der Waals surface area contributed by atoms with Crippen molar-refractivity contribution in [2.24, 2.45) is 0 Å². The monoisotopic (exact) mass is 316 g/mol. The average Bonchev–Trinajstić information content (AvgIpc) is 3.00. The summed E-state index contributed by atoms with van der Waals surface area (Å²) in [5.74, 6) is -2.96. The standard InChI is InChI=1S/C15H24O7/c1-8-10(9-15(7)21-22-15)11(16)18-14(5,6)20-12(17)19-13(2,3)4/h9H,8H2,1-7H3/b10-9+. The van der Waals surface area contributed by atoms with Crippen LogP contribution in [0.25, 0.3) is 0 Å². The maximum Gasteiger partial charge on any atom is 0.512 e. The molecule has 1 heterocycles. The summed E-state index contributed by atoms with van der Waals surface area (Å²) in [6.07, 6.45) is 1.04. The topological polar surface area (TPSA) is 86.9 Å². The highest BCUT2D eigenvalue weighted by atomic mass is 17.4. The van der Waals surface area contributed by atoms with Crippen LogP contribution in [0.3, 0.4) is 0 Å². The minimum atomic E-state index is -1.46. The van der Waals surface area contributed by atoms with E-state index in [0.29, 0.717) is 12.0 Å². The van der Waals surface area contributed by atoms with Crippen molar-refractivity contribution in [3.05, 3.63) is 11.6 Å². The molecule has 0 aromatic carbocycles. The van der Waals surface area contributed by atoms with Crippen LogP contribution in [0.15, 0.2) is 11.6 Å². The number of rotatable bonds is 5. The highest BCUT2D eigenvalue weighted by Crippen LogP contribution is 2.32. The number of hydrogen-bond donors (Lipinski definition) is 0. The molecule has 1 rings (SSSR count). The van der Waals surface area contributed by atoms with E-state index in [-0.39, 0.29) is 0 Å². The second-order valence-corrected chi connectivity index (χ2v) is 6.56. The zero-order valence-corrected chi connectivity index (χ0v) is 14.1. The Labute approximate surface area is 130 Å². The van der Waals surface area contributed by atoms with Crippen molar-refractivity contribution in [2.45, 2.75) is 72.1 Å². The van der Waals surface area contributed by atoms with Gasteiger partial charge in [-0.05, 0) is 40.2 Å². The molecule has 126 valence electrons. The van der Waals surface area contributed by atoms with Gasteiger partial charge in [0.25, 0.3) is 11.6 Å². The summed E-state index contributed by atoms with van der Waals surface area (Å²) in [7, 11) is 0. The van der Waals surface area contributed by atoms with Gasteiger partial charge in [-0.2, -0.15) is 9.78 Å². The van der Waals surface area contributed by atoms with Crippen LogP contribution in [0, 0.1) is 0 Å². The van der Waals surface area contributed by atoms with Crippen LogP contribution >= 0.6 is 0 Å². The second kappa shape index (κ2) is 6.26. The molecule has 1 aliphatic heterocycles. The molecule has 0 N–H and O–H groups in total. The van der Waals surface area contributed by atoms with Crippen molar-refractivity contribution in [3.63, 3.8) is 0 Å². The fraction of sp³-hybridized carbons (Fsp3) is 0.733. The predicted octanol–water partition coefficient (Wildman–Crippen LogP) is 3.23. The molecule has 0 aliphatic carbocycles. The molecule has 0 unspecified atom stereocenters. The van der Waals surface area contributed by atoms with E-state index in [1.807, 2.05) is 0 Å². The Hall–Kier alpha value is -1.60. The summed E-state index contributed by atoms with van der Waals surface area (Å²) < 4.78 is 15.3. The normalized spacial score (nSPS) is 17.7. The number of carbonyl (C=O) groups is 2. The number of esters is 1. The van der Waals surface area contributed by atoms with E-state index in [9.17, 15) is 9.59 Å². The van der Waals surface area contributed by atoms with Gasteiger partial charge < -0.3 is 14.2 Å². The maximum absolute atomic E-state index is 12.1. The molecule has 0 bridgehead atoms. The van der Waals surface area contributed by atoms with E-state index in [1.54, 1.807) is 34.6 Å². The molecule has 1 fully saturated rings. The Bertz CT molecular complexity index is 467. The summed E-state index contributed by atoms with van der Waals surface area (Å²) >= 11 is 0. The zero-order valence-electron chi connectivity index (χ0n) is 14.1. The largest absolute Gasteiger partial charge is 0.512 e. The van der Waals surface area contributed by atoms with E-state index in [2.05, 4.69) is 0 Å². The lowest BCUT2D eigenvalue weighted by atomic mass is 10.1. The van der Waals surface area contributed by atoms with Crippen molar-refractivity contribution in [3.8, 4) is 0 Å². The SMILES string of the molecule is CC/C(=C\C1(C)OO1)C(=O)OC(C)(C)OC(=O)OC(C)(C)C. The third-order valence-electron chi connectivity index (χ3n) is 2.48. The molecule has 0 spiro atoms. The average molecular weight is 316 g/mol. The molecule has 0 aromatic heterocycles. The first-order chi connectivity index (χ1) is 9.86. The van der Waals surface area contributed by atoms with E-state index < -0.39 is 29.3 Å². The van der Waals surface area contributed by atoms with Gasteiger partial charge >= 0.3 is 12.1 Å². The molecule has 7 nitrogen and oxygen atoms in total. The quantitative estimate of drug-likeness (QED) is 0.253. The lowest BCUT2D eigenvalue weighted by Gasteiger charge is -2.27. The van der Waals surface area contributed by atoms with Crippen LogP contribution in [-0.2, 0) is 28.8 Å². The van der Waals surface area contributed by atoms with E-state index in [1.165, 1.54) is 19.9 Å². The van der Waals surface area contributed by atoms with Gasteiger partial charge in [0.15, 0.2) is 0 Å². The van der Waals surface area contributed by atoms with Gasteiger partial charge in [-0.25, -0.2) is 9.59 Å². The predicted molar refractivity (Wildman–Crippen MR) is 76.4 cm³/mol. The van der Waals surface area contributed by atoms with Crippen molar-refractivity contribution >= 4 is 12.1 Å². The van der Waals surface area contributed by atoms with Crippen molar-refractivity contribution < 1.29 is 33.6 Å². The van der Waals surface area contributed by atoms with Crippen LogP contribution < -0.4 is 0 Å². The molecule has 0 saturated carbocycles. The maximum atomic E-state index is 12.1. The van der Waals surface area contributed by atoms with E-state index in [0.717, 1.165) is 0 Å². The fourth-order valence-electron chi connectivity index (χ4n) is 1.52. The molecule has 1 saturated heterocycles. The summed E-state index contributed by atoms with van der Waals surface area (Å²) in [6.45, 7) is 11.5. The summed E-state index contributed by atoms with van der Waals surface area (Å²) in [6, 6.07) is 0. The summed E-state index contributed by atoms with van der Waals surface area (Å²) in [4.78, 5) is 33.2. The van der Waals surface area contributed by atoms with Gasteiger partial charge in [0.2, 0.25) is 0 Å². The van der Waals surface area contributed by atoms with Crippen LogP contribution in [0.5, 0.6) is 0 Å². The smallest absolute Gasteiger partial charge is 0.428 e. The van der Waals surface area contributed by atoms with Gasteiger partial charge in [-0.1, -0.05) is 6.92 Å². The molecular weight excluding hydrogens is 292 g/mol.